The molecule has 0 saturated carbocycles. The smallest absolute Gasteiger partial charge is 0.208 e. The summed E-state index contributed by atoms with van der Waals surface area (Å²) in [5.41, 5.74) is 10.3. The van der Waals surface area contributed by atoms with Gasteiger partial charge in [0.05, 0.1) is 41.2 Å². The van der Waals surface area contributed by atoms with E-state index in [9.17, 15) is 13.5 Å². The molecule has 38 heavy (non-hydrogen) atoms. The lowest BCUT2D eigenvalue weighted by molar-refractivity contribution is -0.0637. The van der Waals surface area contributed by atoms with Crippen LogP contribution in [0.3, 0.4) is 0 Å². The van der Waals surface area contributed by atoms with E-state index in [0.717, 1.165) is 24.0 Å². The first-order chi connectivity index (χ1) is 18.1. The van der Waals surface area contributed by atoms with Crippen molar-refractivity contribution in [3.05, 3.63) is 53.1 Å². The summed E-state index contributed by atoms with van der Waals surface area (Å²) >= 11 is 6.61. The first-order valence-corrected chi connectivity index (χ1v) is 14.7. The van der Waals surface area contributed by atoms with E-state index in [4.69, 9.17) is 36.5 Å². The quantitative estimate of drug-likeness (QED) is 0.359. The molecule has 2 saturated heterocycles. The van der Waals surface area contributed by atoms with Crippen LogP contribution in [0.4, 0.5) is 0 Å². The van der Waals surface area contributed by atoms with Crippen molar-refractivity contribution >= 4 is 38.2 Å². The molecule has 5 N–H and O–H groups in total. The number of pyridine rings is 1. The van der Waals surface area contributed by atoms with Crippen LogP contribution in [0, 0.1) is 0 Å². The average molecular weight is 561 g/mol. The second-order valence-corrected chi connectivity index (χ2v) is 12.3. The SMILES string of the molecule is CS(=O)(=O)NC1CC=C(c2ccc(-c3nc4cc(O[C@@H]5CO[C@@H]6[C@H](O)CO[C@@]65N)[nH]c4cc3Cl)cc2)CC1. The van der Waals surface area contributed by atoms with Gasteiger partial charge >= 0.3 is 0 Å². The number of sulfonamides is 1. The molecule has 0 spiro atoms. The minimum Gasteiger partial charge on any atom is -0.468 e. The summed E-state index contributed by atoms with van der Waals surface area (Å²) in [6.07, 6.45) is 3.50. The predicted molar refractivity (Wildman–Crippen MR) is 143 cm³/mol. The number of aliphatic hydroxyl groups excluding tert-OH is 1. The summed E-state index contributed by atoms with van der Waals surface area (Å²) in [5, 5.41) is 10.5. The lowest BCUT2D eigenvalue weighted by atomic mass is 9.90. The number of aliphatic hydroxyl groups is 1. The third kappa shape index (κ3) is 4.84. The molecule has 1 unspecified atom stereocenters. The van der Waals surface area contributed by atoms with Gasteiger partial charge in [-0.05, 0) is 36.5 Å². The average Bonchev–Trinajstić information content (AvgIpc) is 3.51. The van der Waals surface area contributed by atoms with E-state index in [-0.39, 0.29) is 19.3 Å². The Kier molecular flexibility index (Phi) is 6.50. The van der Waals surface area contributed by atoms with Gasteiger partial charge in [-0.3, -0.25) is 5.73 Å². The first kappa shape index (κ1) is 25.8. The summed E-state index contributed by atoms with van der Waals surface area (Å²) in [6, 6.07) is 11.6. The van der Waals surface area contributed by atoms with Gasteiger partial charge in [-0.1, -0.05) is 41.9 Å². The molecule has 4 heterocycles. The van der Waals surface area contributed by atoms with Crippen LogP contribution in [0.25, 0.3) is 27.9 Å². The number of nitrogens with zero attached hydrogens (tertiary/aromatic N) is 1. The lowest BCUT2D eigenvalue weighted by Gasteiger charge is -2.27. The number of fused-ring (bicyclic) bond motifs is 2. The normalized spacial score (nSPS) is 29.4. The number of ether oxygens (including phenoxy) is 3. The van der Waals surface area contributed by atoms with Crippen molar-refractivity contribution in [2.24, 2.45) is 5.73 Å². The maximum Gasteiger partial charge on any atom is 0.208 e. The molecule has 6 rings (SSSR count). The number of nitrogens with one attached hydrogen (secondary N) is 2. The molecule has 3 aliphatic rings. The Morgan fingerprint density at radius 3 is 2.71 bits per heavy atom. The topological polar surface area (TPSA) is 149 Å². The minimum absolute atomic E-state index is 0.0618. The van der Waals surface area contributed by atoms with Crippen molar-refractivity contribution in [3.8, 4) is 17.1 Å². The van der Waals surface area contributed by atoms with Gasteiger partial charge in [0.1, 0.15) is 12.2 Å². The molecule has 10 nitrogen and oxygen atoms in total. The summed E-state index contributed by atoms with van der Waals surface area (Å²) in [7, 11) is -3.21. The number of nitrogens with two attached hydrogens (primary N) is 1. The zero-order valence-electron chi connectivity index (χ0n) is 20.7. The van der Waals surface area contributed by atoms with Crippen molar-refractivity contribution in [2.75, 3.05) is 19.5 Å². The first-order valence-electron chi connectivity index (χ1n) is 12.4. The zero-order chi connectivity index (χ0) is 26.7. The number of aromatic nitrogens is 2. The number of halogens is 1. The van der Waals surface area contributed by atoms with E-state index in [1.807, 2.05) is 24.3 Å². The maximum absolute atomic E-state index is 11.5. The molecule has 1 aromatic carbocycles. The van der Waals surface area contributed by atoms with Crippen LogP contribution in [-0.2, 0) is 19.5 Å². The largest absolute Gasteiger partial charge is 0.468 e. The molecular weight excluding hydrogens is 532 g/mol. The molecule has 3 aromatic rings. The number of H-pyrrole nitrogens is 1. The van der Waals surface area contributed by atoms with Gasteiger partial charge in [0.25, 0.3) is 0 Å². The van der Waals surface area contributed by atoms with E-state index < -0.39 is 34.1 Å². The molecule has 2 fully saturated rings. The molecule has 2 aromatic heterocycles. The monoisotopic (exact) mass is 560 g/mol. The van der Waals surface area contributed by atoms with Crippen LogP contribution in [0.15, 0.2) is 42.5 Å². The molecule has 0 radical (unpaired) electrons. The molecule has 202 valence electrons. The highest BCUT2D eigenvalue weighted by atomic mass is 35.5. The van der Waals surface area contributed by atoms with Crippen LogP contribution >= 0.6 is 11.6 Å². The van der Waals surface area contributed by atoms with E-state index in [1.54, 1.807) is 12.1 Å². The van der Waals surface area contributed by atoms with Crippen molar-refractivity contribution < 1.29 is 27.7 Å². The highest BCUT2D eigenvalue weighted by molar-refractivity contribution is 7.88. The standard InChI is InChI=1S/C26H29ClN4O6S/c1-38(33,34)31-17-8-6-15(7-9-17)14-2-4-16(5-3-14)24-18(27)10-19-20(30-24)11-23(29-19)37-22-13-35-25-21(32)12-36-26(22,25)28/h2-6,10-11,17,21-22,25,29,31-32H,7-9,12-13,28H2,1H3/t17?,21-,22-,25-,26-/m1/s1. The molecule has 12 heteroatoms. The summed E-state index contributed by atoms with van der Waals surface area (Å²) in [4.78, 5) is 7.94. The number of aromatic amines is 1. The Bertz CT molecular complexity index is 1510. The van der Waals surface area contributed by atoms with Gasteiger partial charge in [0, 0.05) is 17.7 Å². The minimum atomic E-state index is -3.21. The fraction of sp³-hybridized carbons (Fsp3) is 0.423. The molecule has 1 aliphatic carbocycles. The Balaban J connectivity index is 1.19. The Labute approximate surface area is 225 Å². The number of hydrogen-bond acceptors (Lipinski definition) is 8. The molecular formula is C26H29ClN4O6S. The highest BCUT2D eigenvalue weighted by Gasteiger charge is 2.59. The summed E-state index contributed by atoms with van der Waals surface area (Å²) in [6.45, 7) is 0.302. The van der Waals surface area contributed by atoms with Crippen molar-refractivity contribution in [1.82, 2.24) is 14.7 Å². The van der Waals surface area contributed by atoms with E-state index in [2.05, 4.69) is 15.8 Å². The van der Waals surface area contributed by atoms with Gasteiger partial charge in [0.2, 0.25) is 10.0 Å². The number of allylic oxidation sites excluding steroid dienone is 1. The van der Waals surface area contributed by atoms with E-state index in [0.29, 0.717) is 34.1 Å². The van der Waals surface area contributed by atoms with Crippen LogP contribution in [-0.4, -0.2) is 73.0 Å². The van der Waals surface area contributed by atoms with Gasteiger partial charge in [-0.25, -0.2) is 18.1 Å². The van der Waals surface area contributed by atoms with E-state index in [1.165, 1.54) is 11.8 Å². The maximum atomic E-state index is 11.5. The summed E-state index contributed by atoms with van der Waals surface area (Å²) < 4.78 is 43.0. The molecule has 2 aliphatic heterocycles. The van der Waals surface area contributed by atoms with Crippen LogP contribution in [0.5, 0.6) is 5.88 Å². The van der Waals surface area contributed by atoms with Gasteiger partial charge < -0.3 is 24.3 Å². The van der Waals surface area contributed by atoms with Gasteiger partial charge in [-0.2, -0.15) is 0 Å². The molecule has 5 atom stereocenters. The fourth-order valence-electron chi connectivity index (χ4n) is 5.44. The third-order valence-corrected chi connectivity index (χ3v) is 8.40. The molecule has 0 amide bonds. The zero-order valence-corrected chi connectivity index (χ0v) is 22.3. The number of benzene rings is 1. The number of hydrogen-bond donors (Lipinski definition) is 4. The van der Waals surface area contributed by atoms with Crippen LogP contribution in [0.1, 0.15) is 24.8 Å². The summed E-state index contributed by atoms with van der Waals surface area (Å²) in [5.74, 6) is 0.452. The Hall–Kier alpha value is -2.51. The van der Waals surface area contributed by atoms with Gasteiger partial charge in [0.15, 0.2) is 17.7 Å². The lowest BCUT2D eigenvalue weighted by Crippen LogP contribution is -2.57. The third-order valence-electron chi connectivity index (χ3n) is 7.35. The fourth-order valence-corrected chi connectivity index (χ4v) is 6.52. The van der Waals surface area contributed by atoms with Crippen molar-refractivity contribution in [3.63, 3.8) is 0 Å². The molecule has 0 bridgehead atoms. The van der Waals surface area contributed by atoms with Crippen molar-refractivity contribution in [1.29, 1.82) is 0 Å². The second-order valence-electron chi connectivity index (χ2n) is 10.1. The Morgan fingerprint density at radius 2 is 2.00 bits per heavy atom. The number of rotatable bonds is 6. The van der Waals surface area contributed by atoms with E-state index >= 15 is 0 Å². The second kappa shape index (κ2) is 9.60. The Morgan fingerprint density at radius 1 is 1.24 bits per heavy atom. The van der Waals surface area contributed by atoms with Crippen LogP contribution < -0.4 is 15.2 Å². The van der Waals surface area contributed by atoms with Gasteiger partial charge in [-0.15, -0.1) is 0 Å². The highest BCUT2D eigenvalue weighted by Crippen LogP contribution is 2.37. The predicted octanol–water partition coefficient (Wildman–Crippen LogP) is 2.56. The van der Waals surface area contributed by atoms with Crippen molar-refractivity contribution in [2.45, 2.75) is 49.3 Å². The van der Waals surface area contributed by atoms with Crippen LogP contribution in [0.2, 0.25) is 5.02 Å².